The standard InChI is InChI=1S/C36H30N2O12/c39-11-12-50-19-5-1-16(2-6-19)28-20-9-10-23-29(33(44)37(31(23)42)17-3-7-21(35(46)47)26(40)13-17)24(20)15-25-30(28)34(45)38(32(25)43)18-4-8-22(36(48)49)27(41)14-18/h1-9,13-14,23-25,28-30,39-41H,10-12,15H2,(H,46,47)(H,48,49). The van der Waals surface area contributed by atoms with E-state index >= 15 is 0 Å². The molecule has 2 aliphatic carbocycles. The van der Waals surface area contributed by atoms with Gasteiger partial charge in [-0.25, -0.2) is 19.4 Å². The molecule has 1 saturated carbocycles. The van der Waals surface area contributed by atoms with Crippen molar-refractivity contribution < 1.29 is 59.0 Å². The Kier molecular flexibility index (Phi) is 7.90. The first-order chi connectivity index (χ1) is 23.9. The summed E-state index contributed by atoms with van der Waals surface area (Å²) in [4.78, 5) is 81.2. The van der Waals surface area contributed by atoms with Crippen LogP contribution in [0.5, 0.6) is 17.2 Å². The number of hydrogen-bond donors (Lipinski definition) is 5. The number of aromatic carboxylic acids is 2. The Balaban J connectivity index is 1.29. The van der Waals surface area contributed by atoms with Crippen LogP contribution in [0.25, 0.3) is 0 Å². The molecular weight excluding hydrogens is 652 g/mol. The van der Waals surface area contributed by atoms with Gasteiger partial charge in [-0.1, -0.05) is 23.8 Å². The Morgan fingerprint density at radius 3 is 1.76 bits per heavy atom. The Labute approximate surface area is 283 Å². The number of benzene rings is 3. The SMILES string of the molecule is O=C(O)c1ccc(N2C(=O)C3CC=C4C(CC5C(=O)N(c6ccc(C(=O)O)c(O)c6)C(=O)C5C4c4ccc(OCCO)cc4)C3C2=O)cc1O. The van der Waals surface area contributed by atoms with Crippen molar-refractivity contribution in [1.82, 2.24) is 0 Å². The van der Waals surface area contributed by atoms with Gasteiger partial charge in [0, 0.05) is 18.1 Å². The summed E-state index contributed by atoms with van der Waals surface area (Å²) < 4.78 is 5.51. The molecule has 3 fully saturated rings. The Morgan fingerprint density at radius 2 is 1.24 bits per heavy atom. The summed E-state index contributed by atoms with van der Waals surface area (Å²) in [6.07, 6.45) is 2.04. The molecule has 2 aliphatic heterocycles. The van der Waals surface area contributed by atoms with E-state index in [1.807, 2.05) is 6.08 Å². The molecule has 5 N–H and O–H groups in total. The van der Waals surface area contributed by atoms with Gasteiger partial charge in [-0.3, -0.25) is 19.2 Å². The molecule has 6 unspecified atom stereocenters. The van der Waals surface area contributed by atoms with Crippen molar-refractivity contribution >= 4 is 46.9 Å². The number of hydrogen-bond acceptors (Lipinski definition) is 10. The van der Waals surface area contributed by atoms with Crippen LogP contribution in [0.3, 0.4) is 0 Å². The average molecular weight is 683 g/mol. The summed E-state index contributed by atoms with van der Waals surface area (Å²) in [7, 11) is 0. The monoisotopic (exact) mass is 682 g/mol. The fourth-order valence-electron chi connectivity index (χ4n) is 8.09. The molecular formula is C36H30N2O12. The number of carboxylic acids is 2. The molecule has 0 spiro atoms. The molecule has 3 aromatic rings. The van der Waals surface area contributed by atoms with E-state index in [1.54, 1.807) is 24.3 Å². The first kappa shape index (κ1) is 32.5. The zero-order valence-electron chi connectivity index (χ0n) is 26.1. The van der Waals surface area contributed by atoms with E-state index in [1.165, 1.54) is 12.1 Å². The van der Waals surface area contributed by atoms with Crippen LogP contribution in [-0.4, -0.2) is 74.3 Å². The van der Waals surface area contributed by atoms with Crippen molar-refractivity contribution in [2.24, 2.45) is 29.6 Å². The minimum Gasteiger partial charge on any atom is -0.507 e. The third kappa shape index (κ3) is 4.98. The molecule has 7 rings (SSSR count). The molecule has 256 valence electrons. The number of anilines is 2. The quantitative estimate of drug-likeness (QED) is 0.171. The van der Waals surface area contributed by atoms with Gasteiger partial charge in [-0.2, -0.15) is 0 Å². The highest BCUT2D eigenvalue weighted by Gasteiger charge is 2.62. The molecule has 14 heteroatoms. The molecule has 0 radical (unpaired) electrons. The van der Waals surface area contributed by atoms with E-state index in [-0.39, 0.29) is 37.4 Å². The van der Waals surface area contributed by atoms with Crippen molar-refractivity contribution in [3.8, 4) is 17.2 Å². The lowest BCUT2D eigenvalue weighted by Crippen LogP contribution is -2.43. The second-order valence-electron chi connectivity index (χ2n) is 12.7. The number of aliphatic hydroxyl groups excluding tert-OH is 1. The van der Waals surface area contributed by atoms with Gasteiger partial charge in [0.1, 0.15) is 35.0 Å². The minimum atomic E-state index is -1.39. The van der Waals surface area contributed by atoms with E-state index in [9.17, 15) is 49.2 Å². The Hall–Kier alpha value is -6.02. The van der Waals surface area contributed by atoms with Crippen LogP contribution in [0.4, 0.5) is 11.4 Å². The maximum Gasteiger partial charge on any atom is 0.339 e. The molecule has 2 saturated heterocycles. The number of nitrogens with zero attached hydrogens (tertiary/aromatic N) is 2. The topological polar surface area (TPSA) is 219 Å². The fourth-order valence-corrected chi connectivity index (χ4v) is 8.09. The second kappa shape index (κ2) is 12.1. The smallest absolute Gasteiger partial charge is 0.339 e. The summed E-state index contributed by atoms with van der Waals surface area (Å²) in [5, 5.41) is 48.6. The van der Waals surface area contributed by atoms with Gasteiger partial charge in [0.05, 0.1) is 41.7 Å². The first-order valence-corrected chi connectivity index (χ1v) is 15.8. The van der Waals surface area contributed by atoms with Crippen molar-refractivity contribution in [3.05, 3.63) is 89.0 Å². The van der Waals surface area contributed by atoms with Crippen LogP contribution in [0, 0.1) is 29.6 Å². The zero-order chi connectivity index (χ0) is 35.6. The van der Waals surface area contributed by atoms with E-state index < -0.39 is 93.7 Å². The van der Waals surface area contributed by atoms with E-state index in [2.05, 4.69) is 0 Å². The van der Waals surface area contributed by atoms with Gasteiger partial charge in [0.25, 0.3) is 0 Å². The number of phenols is 2. The van der Waals surface area contributed by atoms with Crippen molar-refractivity contribution in [2.45, 2.75) is 18.8 Å². The van der Waals surface area contributed by atoms with E-state index in [0.717, 1.165) is 34.1 Å². The fraction of sp³-hybridized carbons (Fsp3) is 0.278. The van der Waals surface area contributed by atoms with Gasteiger partial charge >= 0.3 is 11.9 Å². The molecule has 0 bridgehead atoms. The molecule has 4 aliphatic rings. The van der Waals surface area contributed by atoms with Gasteiger partial charge in [-0.15, -0.1) is 0 Å². The van der Waals surface area contributed by atoms with Crippen LogP contribution in [0.15, 0.2) is 72.3 Å². The van der Waals surface area contributed by atoms with Gasteiger partial charge in [0.2, 0.25) is 23.6 Å². The molecule has 0 aromatic heterocycles. The van der Waals surface area contributed by atoms with Crippen LogP contribution in [-0.2, 0) is 19.2 Å². The Bertz CT molecular complexity index is 2020. The predicted molar refractivity (Wildman–Crippen MR) is 172 cm³/mol. The normalized spacial score (nSPS) is 25.6. The number of imide groups is 2. The molecule has 50 heavy (non-hydrogen) atoms. The lowest BCUT2D eigenvalue weighted by molar-refractivity contribution is -0.126. The minimum absolute atomic E-state index is 0.00469. The molecule has 14 nitrogen and oxygen atoms in total. The number of carbonyl (C=O) groups excluding carboxylic acids is 4. The number of carboxylic acid groups (broad SMARTS) is 2. The third-order valence-corrected chi connectivity index (χ3v) is 10.2. The number of rotatable bonds is 8. The summed E-state index contributed by atoms with van der Waals surface area (Å²) in [6, 6.07) is 13.6. The number of fused-ring (bicyclic) bond motifs is 4. The highest BCUT2D eigenvalue weighted by Crippen LogP contribution is 2.58. The highest BCUT2D eigenvalue weighted by atomic mass is 16.5. The van der Waals surface area contributed by atoms with Crippen molar-refractivity contribution in [2.75, 3.05) is 23.0 Å². The molecule has 2 heterocycles. The zero-order valence-corrected chi connectivity index (χ0v) is 26.1. The molecule has 6 atom stereocenters. The maximum absolute atomic E-state index is 14.3. The number of amides is 4. The van der Waals surface area contributed by atoms with Crippen LogP contribution >= 0.6 is 0 Å². The van der Waals surface area contributed by atoms with Crippen LogP contribution in [0.1, 0.15) is 45.0 Å². The summed E-state index contributed by atoms with van der Waals surface area (Å²) in [5.41, 5.74) is 0.527. The lowest BCUT2D eigenvalue weighted by atomic mass is 9.57. The van der Waals surface area contributed by atoms with Crippen molar-refractivity contribution in [1.29, 1.82) is 0 Å². The predicted octanol–water partition coefficient (Wildman–Crippen LogP) is 2.91. The summed E-state index contributed by atoms with van der Waals surface area (Å²) in [5.74, 6) is -10.8. The van der Waals surface area contributed by atoms with Crippen molar-refractivity contribution in [3.63, 3.8) is 0 Å². The second-order valence-corrected chi connectivity index (χ2v) is 12.7. The van der Waals surface area contributed by atoms with E-state index in [0.29, 0.717) is 16.9 Å². The van der Waals surface area contributed by atoms with Crippen LogP contribution < -0.4 is 14.5 Å². The van der Waals surface area contributed by atoms with E-state index in [4.69, 9.17) is 9.84 Å². The van der Waals surface area contributed by atoms with Gasteiger partial charge < -0.3 is 30.3 Å². The third-order valence-electron chi connectivity index (χ3n) is 10.2. The summed E-state index contributed by atoms with van der Waals surface area (Å²) >= 11 is 0. The number of carbonyl (C=O) groups is 6. The van der Waals surface area contributed by atoms with Gasteiger partial charge in [0.15, 0.2) is 0 Å². The number of allylic oxidation sites excluding steroid dienone is 2. The largest absolute Gasteiger partial charge is 0.507 e. The van der Waals surface area contributed by atoms with Crippen LogP contribution in [0.2, 0.25) is 0 Å². The highest BCUT2D eigenvalue weighted by molar-refractivity contribution is 6.24. The summed E-state index contributed by atoms with van der Waals surface area (Å²) in [6.45, 7) is -0.142. The van der Waals surface area contributed by atoms with Gasteiger partial charge in [-0.05, 0) is 60.7 Å². The molecule has 4 amide bonds. The number of aromatic hydroxyl groups is 2. The number of ether oxygens (including phenoxy) is 1. The average Bonchev–Trinajstić information content (AvgIpc) is 3.49. The number of aliphatic hydroxyl groups is 1. The maximum atomic E-state index is 14.3. The molecule has 3 aromatic carbocycles. The first-order valence-electron chi connectivity index (χ1n) is 15.8. The lowest BCUT2D eigenvalue weighted by Gasteiger charge is -2.44. The Morgan fingerprint density at radius 1 is 0.700 bits per heavy atom.